The monoisotopic (exact) mass is 302 g/mol. The molecule has 5 atom stereocenters. The molecule has 1 aromatic carbocycles. The first kappa shape index (κ1) is 15.3. The number of hydrogen-bond acceptors (Lipinski definition) is 4. The maximum atomic E-state index is 11.3. The summed E-state index contributed by atoms with van der Waals surface area (Å²) in [5.74, 6) is -0.215. The second kappa shape index (κ2) is 6.63. The summed E-state index contributed by atoms with van der Waals surface area (Å²) in [6.07, 6.45) is 4.78. The van der Waals surface area contributed by atoms with Gasteiger partial charge in [0.05, 0.1) is 18.6 Å². The van der Waals surface area contributed by atoms with Gasteiger partial charge in [0.1, 0.15) is 6.10 Å². The van der Waals surface area contributed by atoms with Crippen molar-refractivity contribution in [3.05, 3.63) is 48.0 Å². The van der Waals surface area contributed by atoms with Gasteiger partial charge in [-0.05, 0) is 18.4 Å². The van der Waals surface area contributed by atoms with Crippen molar-refractivity contribution >= 4 is 5.97 Å². The van der Waals surface area contributed by atoms with Crippen LogP contribution >= 0.6 is 0 Å². The van der Waals surface area contributed by atoms with E-state index < -0.39 is 12.2 Å². The predicted molar refractivity (Wildman–Crippen MR) is 82.0 cm³/mol. The van der Waals surface area contributed by atoms with E-state index in [-0.39, 0.29) is 23.9 Å². The molecule has 1 saturated heterocycles. The van der Waals surface area contributed by atoms with E-state index in [0.717, 1.165) is 6.42 Å². The number of aryl methyl sites for hydroxylation is 1. The minimum absolute atomic E-state index is 0.0556. The van der Waals surface area contributed by atoms with Crippen LogP contribution in [-0.4, -0.2) is 34.5 Å². The van der Waals surface area contributed by atoms with Gasteiger partial charge in [0.2, 0.25) is 0 Å². The first-order chi connectivity index (χ1) is 10.6. The van der Waals surface area contributed by atoms with Crippen LogP contribution in [0.25, 0.3) is 0 Å². The van der Waals surface area contributed by atoms with Crippen molar-refractivity contribution in [1.82, 2.24) is 0 Å². The summed E-state index contributed by atoms with van der Waals surface area (Å²) in [6, 6.07) is 10.0. The predicted octanol–water partition coefficient (Wildman–Crippen LogP) is 1.85. The van der Waals surface area contributed by atoms with Crippen LogP contribution < -0.4 is 0 Å². The molecule has 118 valence electrons. The Labute approximate surface area is 130 Å². The molecule has 0 unspecified atom stereocenters. The lowest BCUT2D eigenvalue weighted by molar-refractivity contribution is -0.141. The molecule has 1 aliphatic carbocycles. The van der Waals surface area contributed by atoms with Crippen LogP contribution in [0.1, 0.15) is 24.8 Å². The van der Waals surface area contributed by atoms with Crippen molar-refractivity contribution in [2.45, 2.75) is 44.0 Å². The second-order valence-corrected chi connectivity index (χ2v) is 6.25. The molecule has 0 bridgehead atoms. The van der Waals surface area contributed by atoms with E-state index in [1.54, 1.807) is 6.08 Å². The van der Waals surface area contributed by atoms with Gasteiger partial charge in [-0.3, -0.25) is 4.79 Å². The van der Waals surface area contributed by atoms with E-state index in [9.17, 15) is 15.0 Å². The summed E-state index contributed by atoms with van der Waals surface area (Å²) in [7, 11) is 0. The Hall–Kier alpha value is -1.65. The molecule has 1 saturated carbocycles. The summed E-state index contributed by atoms with van der Waals surface area (Å²) in [4.78, 5) is 11.3. The molecule has 1 aliphatic heterocycles. The van der Waals surface area contributed by atoms with E-state index in [2.05, 4.69) is 0 Å². The van der Waals surface area contributed by atoms with Crippen molar-refractivity contribution in [3.63, 3.8) is 0 Å². The Morgan fingerprint density at radius 1 is 1.32 bits per heavy atom. The molecule has 1 heterocycles. The fourth-order valence-corrected chi connectivity index (χ4v) is 3.50. The van der Waals surface area contributed by atoms with Gasteiger partial charge in [-0.2, -0.15) is 0 Å². The molecule has 2 N–H and O–H groups in total. The number of aliphatic hydroxyl groups excluding tert-OH is 2. The molecule has 0 amide bonds. The molecular weight excluding hydrogens is 280 g/mol. The van der Waals surface area contributed by atoms with Crippen LogP contribution in [0.2, 0.25) is 0 Å². The van der Waals surface area contributed by atoms with Crippen molar-refractivity contribution in [2.24, 2.45) is 11.8 Å². The maximum Gasteiger partial charge on any atom is 0.306 e. The van der Waals surface area contributed by atoms with E-state index in [1.807, 2.05) is 36.4 Å². The van der Waals surface area contributed by atoms with Crippen molar-refractivity contribution in [1.29, 1.82) is 0 Å². The van der Waals surface area contributed by atoms with Crippen molar-refractivity contribution in [2.75, 3.05) is 0 Å². The zero-order valence-electron chi connectivity index (χ0n) is 12.5. The topological polar surface area (TPSA) is 66.8 Å². The van der Waals surface area contributed by atoms with Crippen LogP contribution in [0.15, 0.2) is 42.5 Å². The Morgan fingerprint density at radius 3 is 2.86 bits per heavy atom. The quantitative estimate of drug-likeness (QED) is 0.643. The van der Waals surface area contributed by atoms with Gasteiger partial charge in [-0.25, -0.2) is 0 Å². The van der Waals surface area contributed by atoms with Gasteiger partial charge >= 0.3 is 5.97 Å². The van der Waals surface area contributed by atoms with Crippen LogP contribution in [0.5, 0.6) is 0 Å². The fourth-order valence-electron chi connectivity index (χ4n) is 3.50. The number of rotatable bonds is 5. The van der Waals surface area contributed by atoms with Gasteiger partial charge in [-0.1, -0.05) is 42.5 Å². The average molecular weight is 302 g/mol. The molecule has 2 fully saturated rings. The van der Waals surface area contributed by atoms with Crippen molar-refractivity contribution < 1.29 is 19.7 Å². The van der Waals surface area contributed by atoms with Gasteiger partial charge in [0.25, 0.3) is 0 Å². The average Bonchev–Trinajstić information content (AvgIpc) is 2.99. The standard InChI is InChI=1S/C18H22O4/c19-13(7-6-12-4-2-1-3-5-12)8-9-14-15-10-18(21)22-17(15)11-16(14)20/h1-5,8-9,13-17,19-20H,6-7,10-11H2/t13-,14+,15+,16+,17-/m0/s1. The second-order valence-electron chi connectivity index (χ2n) is 6.25. The van der Waals surface area contributed by atoms with Crippen LogP contribution in [-0.2, 0) is 16.0 Å². The minimum atomic E-state index is -0.538. The van der Waals surface area contributed by atoms with Gasteiger partial charge in [-0.15, -0.1) is 0 Å². The van der Waals surface area contributed by atoms with Gasteiger partial charge in [0, 0.05) is 18.3 Å². The van der Waals surface area contributed by atoms with E-state index in [0.29, 0.717) is 19.3 Å². The number of benzene rings is 1. The highest BCUT2D eigenvalue weighted by Crippen LogP contribution is 2.42. The lowest BCUT2D eigenvalue weighted by Crippen LogP contribution is -2.18. The summed E-state index contributed by atoms with van der Waals surface area (Å²) < 4.78 is 5.20. The SMILES string of the molecule is O=C1C[C@@H]2[C@@H](C=C[C@@H](O)CCc3ccccc3)[C@H](O)C[C@@H]2O1. The van der Waals surface area contributed by atoms with Gasteiger partial charge < -0.3 is 14.9 Å². The molecule has 4 heteroatoms. The molecule has 2 aliphatic rings. The first-order valence-corrected chi connectivity index (χ1v) is 7.91. The smallest absolute Gasteiger partial charge is 0.306 e. The number of esters is 1. The number of fused-ring (bicyclic) bond motifs is 1. The molecular formula is C18H22O4. The van der Waals surface area contributed by atoms with Gasteiger partial charge in [0.15, 0.2) is 0 Å². The normalized spacial score (nSPS) is 32.2. The van der Waals surface area contributed by atoms with E-state index in [4.69, 9.17) is 4.74 Å². The zero-order valence-corrected chi connectivity index (χ0v) is 12.5. The third-order valence-corrected chi connectivity index (χ3v) is 4.70. The number of ether oxygens (including phenoxy) is 1. The van der Waals surface area contributed by atoms with Crippen LogP contribution in [0.4, 0.5) is 0 Å². The fraction of sp³-hybridized carbons (Fsp3) is 0.500. The Balaban J connectivity index is 1.53. The number of hydrogen-bond donors (Lipinski definition) is 2. The summed E-state index contributed by atoms with van der Waals surface area (Å²) in [5.41, 5.74) is 1.20. The van der Waals surface area contributed by atoms with Crippen LogP contribution in [0.3, 0.4) is 0 Å². The maximum absolute atomic E-state index is 11.3. The molecule has 1 aromatic rings. The van der Waals surface area contributed by atoms with Crippen molar-refractivity contribution in [3.8, 4) is 0 Å². The molecule has 4 nitrogen and oxygen atoms in total. The van der Waals surface area contributed by atoms with E-state index >= 15 is 0 Å². The summed E-state index contributed by atoms with van der Waals surface area (Å²) in [6.45, 7) is 0. The lowest BCUT2D eigenvalue weighted by Gasteiger charge is -2.15. The zero-order chi connectivity index (χ0) is 15.5. The highest BCUT2D eigenvalue weighted by molar-refractivity contribution is 5.72. The molecule has 0 spiro atoms. The Morgan fingerprint density at radius 2 is 2.09 bits per heavy atom. The molecule has 3 rings (SSSR count). The highest BCUT2D eigenvalue weighted by atomic mass is 16.6. The summed E-state index contributed by atoms with van der Waals surface area (Å²) in [5, 5.41) is 20.2. The number of aliphatic hydroxyl groups is 2. The Bertz CT molecular complexity index is 539. The number of carbonyl (C=O) groups excluding carboxylic acids is 1. The Kier molecular flexibility index (Phi) is 4.60. The highest BCUT2D eigenvalue weighted by Gasteiger charge is 2.48. The molecule has 22 heavy (non-hydrogen) atoms. The third-order valence-electron chi connectivity index (χ3n) is 4.70. The first-order valence-electron chi connectivity index (χ1n) is 7.91. The largest absolute Gasteiger partial charge is 0.462 e. The third kappa shape index (κ3) is 3.39. The lowest BCUT2D eigenvalue weighted by atomic mass is 9.91. The van der Waals surface area contributed by atoms with E-state index in [1.165, 1.54) is 5.56 Å². The molecule has 0 aromatic heterocycles. The minimum Gasteiger partial charge on any atom is -0.462 e. The number of carbonyl (C=O) groups is 1. The van der Waals surface area contributed by atoms with Crippen LogP contribution in [0, 0.1) is 11.8 Å². The molecule has 0 radical (unpaired) electrons. The summed E-state index contributed by atoms with van der Waals surface area (Å²) >= 11 is 0.